The lowest BCUT2D eigenvalue weighted by molar-refractivity contribution is 0.274. The second-order valence-electron chi connectivity index (χ2n) is 3.76. The summed E-state index contributed by atoms with van der Waals surface area (Å²) < 4.78 is 2.24. The first-order valence-corrected chi connectivity index (χ1v) is 5.06. The molecule has 0 bridgehead atoms. The summed E-state index contributed by atoms with van der Waals surface area (Å²) in [5.41, 5.74) is 0. The van der Waals surface area contributed by atoms with E-state index in [4.69, 9.17) is 0 Å². The Morgan fingerprint density at radius 1 is 1.38 bits per heavy atom. The Morgan fingerprint density at radius 2 is 2.23 bits per heavy atom. The molecule has 0 spiro atoms. The molecule has 2 atom stereocenters. The van der Waals surface area contributed by atoms with Crippen molar-refractivity contribution in [1.82, 2.24) is 14.9 Å². The molecular weight excluding hydrogens is 162 g/mol. The Hall–Kier alpha value is -0.830. The molecule has 2 rings (SSSR count). The van der Waals surface area contributed by atoms with Gasteiger partial charge in [-0.15, -0.1) is 0 Å². The van der Waals surface area contributed by atoms with Crippen molar-refractivity contribution in [3.63, 3.8) is 0 Å². The van der Waals surface area contributed by atoms with Crippen LogP contribution in [0.1, 0.15) is 31.7 Å². The zero-order chi connectivity index (χ0) is 9.10. The van der Waals surface area contributed by atoms with Crippen LogP contribution >= 0.6 is 0 Å². The summed E-state index contributed by atoms with van der Waals surface area (Å²) in [5, 5.41) is 3.39. The van der Waals surface area contributed by atoms with Gasteiger partial charge in [0, 0.05) is 24.5 Å². The maximum atomic E-state index is 4.10. The number of hydrogen-bond acceptors (Lipinski definition) is 2. The lowest BCUT2D eigenvalue weighted by Crippen LogP contribution is -2.37. The number of aromatic nitrogens is 2. The van der Waals surface area contributed by atoms with Gasteiger partial charge in [-0.25, -0.2) is 4.98 Å². The quantitative estimate of drug-likeness (QED) is 0.747. The molecule has 3 heteroatoms. The van der Waals surface area contributed by atoms with Gasteiger partial charge in [0.1, 0.15) is 0 Å². The molecule has 72 valence electrons. The number of rotatable bonds is 2. The number of imidazole rings is 1. The summed E-state index contributed by atoms with van der Waals surface area (Å²) in [7, 11) is 2.06. The van der Waals surface area contributed by atoms with E-state index in [1.165, 1.54) is 25.7 Å². The van der Waals surface area contributed by atoms with E-state index in [2.05, 4.69) is 28.1 Å². The second kappa shape index (κ2) is 3.92. The zero-order valence-corrected chi connectivity index (χ0v) is 8.11. The fourth-order valence-corrected chi connectivity index (χ4v) is 2.27. The second-order valence-corrected chi connectivity index (χ2v) is 3.76. The summed E-state index contributed by atoms with van der Waals surface area (Å²) in [6.45, 7) is 0. The molecule has 1 heterocycles. The van der Waals surface area contributed by atoms with Crippen LogP contribution in [0, 0.1) is 0 Å². The summed E-state index contributed by atoms with van der Waals surface area (Å²) in [6.07, 6.45) is 11.1. The molecule has 1 aliphatic carbocycles. The highest BCUT2D eigenvalue weighted by molar-refractivity contribution is 4.89. The van der Waals surface area contributed by atoms with Crippen LogP contribution in [-0.4, -0.2) is 22.6 Å². The van der Waals surface area contributed by atoms with E-state index in [0.29, 0.717) is 12.1 Å². The Labute approximate surface area is 79.2 Å². The minimum Gasteiger partial charge on any atom is -0.333 e. The maximum Gasteiger partial charge on any atom is 0.0949 e. The van der Waals surface area contributed by atoms with Crippen LogP contribution in [0.2, 0.25) is 0 Å². The minimum absolute atomic E-state index is 0.612. The average molecular weight is 179 g/mol. The van der Waals surface area contributed by atoms with E-state index in [1.807, 2.05) is 12.5 Å². The van der Waals surface area contributed by atoms with Gasteiger partial charge in [-0.3, -0.25) is 0 Å². The van der Waals surface area contributed by atoms with Crippen LogP contribution in [0.3, 0.4) is 0 Å². The number of hydrogen-bond donors (Lipinski definition) is 1. The normalized spacial score (nSPS) is 29.0. The van der Waals surface area contributed by atoms with Crippen LogP contribution in [0.15, 0.2) is 18.7 Å². The van der Waals surface area contributed by atoms with E-state index < -0.39 is 0 Å². The van der Waals surface area contributed by atoms with Crippen LogP contribution in [0.4, 0.5) is 0 Å². The first-order chi connectivity index (χ1) is 6.42. The monoisotopic (exact) mass is 179 g/mol. The van der Waals surface area contributed by atoms with Crippen molar-refractivity contribution >= 4 is 0 Å². The molecule has 0 radical (unpaired) electrons. The number of likely N-dealkylation sites (N-methyl/N-ethyl adjacent to an activating group) is 1. The third kappa shape index (κ3) is 1.75. The van der Waals surface area contributed by atoms with E-state index in [-0.39, 0.29) is 0 Å². The largest absolute Gasteiger partial charge is 0.333 e. The predicted molar refractivity (Wildman–Crippen MR) is 52.6 cm³/mol. The van der Waals surface area contributed by atoms with E-state index in [0.717, 1.165) is 0 Å². The highest BCUT2D eigenvalue weighted by Gasteiger charge is 2.24. The molecule has 1 saturated carbocycles. The van der Waals surface area contributed by atoms with Gasteiger partial charge in [-0.2, -0.15) is 0 Å². The zero-order valence-electron chi connectivity index (χ0n) is 8.11. The van der Waals surface area contributed by atoms with E-state index in [1.54, 1.807) is 0 Å². The third-order valence-corrected chi connectivity index (χ3v) is 3.01. The van der Waals surface area contributed by atoms with Gasteiger partial charge < -0.3 is 9.88 Å². The van der Waals surface area contributed by atoms with Gasteiger partial charge in [0.2, 0.25) is 0 Å². The molecule has 1 fully saturated rings. The van der Waals surface area contributed by atoms with Gasteiger partial charge in [0.05, 0.1) is 6.33 Å². The average Bonchev–Trinajstić information content (AvgIpc) is 2.70. The third-order valence-electron chi connectivity index (χ3n) is 3.01. The molecule has 1 aromatic heterocycles. The Morgan fingerprint density at radius 3 is 2.92 bits per heavy atom. The number of nitrogens with zero attached hydrogens (tertiary/aromatic N) is 2. The molecule has 0 aromatic carbocycles. The lowest BCUT2D eigenvalue weighted by Gasteiger charge is -2.32. The predicted octanol–water partition coefficient (Wildman–Crippen LogP) is 1.59. The molecule has 1 N–H and O–H groups in total. The van der Waals surface area contributed by atoms with Gasteiger partial charge in [-0.05, 0) is 19.9 Å². The molecule has 1 aromatic rings. The number of nitrogens with one attached hydrogen (secondary N) is 1. The smallest absolute Gasteiger partial charge is 0.0949 e. The standard InChI is InChI=1S/C10H17N3/c1-11-9-4-2-3-5-10(9)13-7-6-12-8-13/h6-11H,2-5H2,1H3. The van der Waals surface area contributed by atoms with E-state index >= 15 is 0 Å². The fourth-order valence-electron chi connectivity index (χ4n) is 2.27. The maximum absolute atomic E-state index is 4.10. The minimum atomic E-state index is 0.612. The van der Waals surface area contributed by atoms with Crippen molar-refractivity contribution in [2.45, 2.75) is 37.8 Å². The topological polar surface area (TPSA) is 29.9 Å². The molecule has 0 saturated heterocycles. The first-order valence-electron chi connectivity index (χ1n) is 5.06. The fraction of sp³-hybridized carbons (Fsp3) is 0.700. The molecular formula is C10H17N3. The molecule has 0 amide bonds. The van der Waals surface area contributed by atoms with Gasteiger partial charge in [-0.1, -0.05) is 12.8 Å². The van der Waals surface area contributed by atoms with Gasteiger partial charge in [0.15, 0.2) is 0 Å². The first kappa shape index (κ1) is 8.75. The van der Waals surface area contributed by atoms with E-state index in [9.17, 15) is 0 Å². The van der Waals surface area contributed by atoms with Crippen molar-refractivity contribution in [2.24, 2.45) is 0 Å². The molecule has 13 heavy (non-hydrogen) atoms. The van der Waals surface area contributed by atoms with Crippen molar-refractivity contribution in [2.75, 3.05) is 7.05 Å². The highest BCUT2D eigenvalue weighted by atomic mass is 15.1. The van der Waals surface area contributed by atoms with Crippen molar-refractivity contribution < 1.29 is 0 Å². The highest BCUT2D eigenvalue weighted by Crippen LogP contribution is 2.27. The lowest BCUT2D eigenvalue weighted by atomic mass is 9.90. The van der Waals surface area contributed by atoms with Gasteiger partial charge >= 0.3 is 0 Å². The van der Waals surface area contributed by atoms with Crippen molar-refractivity contribution in [1.29, 1.82) is 0 Å². The summed E-state index contributed by atoms with van der Waals surface area (Å²) in [6, 6.07) is 1.24. The van der Waals surface area contributed by atoms with Gasteiger partial charge in [0.25, 0.3) is 0 Å². The Kier molecular flexibility index (Phi) is 2.64. The van der Waals surface area contributed by atoms with Crippen LogP contribution in [0.5, 0.6) is 0 Å². The SMILES string of the molecule is CNC1CCCCC1n1ccnc1. The molecule has 0 aliphatic heterocycles. The Balaban J connectivity index is 2.11. The molecule has 1 aliphatic rings. The van der Waals surface area contributed by atoms with Crippen molar-refractivity contribution in [3.8, 4) is 0 Å². The van der Waals surface area contributed by atoms with Crippen molar-refractivity contribution in [3.05, 3.63) is 18.7 Å². The molecule has 3 nitrogen and oxygen atoms in total. The van der Waals surface area contributed by atoms with Crippen LogP contribution < -0.4 is 5.32 Å². The summed E-state index contributed by atoms with van der Waals surface area (Å²) in [4.78, 5) is 4.10. The summed E-state index contributed by atoms with van der Waals surface area (Å²) >= 11 is 0. The van der Waals surface area contributed by atoms with Crippen LogP contribution in [-0.2, 0) is 0 Å². The summed E-state index contributed by atoms with van der Waals surface area (Å²) in [5.74, 6) is 0. The van der Waals surface area contributed by atoms with Crippen LogP contribution in [0.25, 0.3) is 0 Å². The molecule has 2 unspecified atom stereocenters. The Bertz CT molecular complexity index is 243.